The molecule has 0 aromatic carbocycles. The van der Waals surface area contributed by atoms with E-state index in [0.29, 0.717) is 11.5 Å². The third kappa shape index (κ3) is 3.92. The zero-order chi connectivity index (χ0) is 14.7. The Kier molecular flexibility index (Phi) is 5.09. The fraction of sp³-hybridized carbons (Fsp3) is 0.900. The lowest BCUT2D eigenvalue weighted by atomic mass is 9.65. The smallest absolute Gasteiger partial charge is 0.0635 e. The zero-order valence-corrected chi connectivity index (χ0v) is 14.2. The van der Waals surface area contributed by atoms with Crippen LogP contribution in [0, 0.1) is 17.3 Å². The van der Waals surface area contributed by atoms with Crippen LogP contribution in [0.25, 0.3) is 0 Å². The molecule has 1 heteroatoms. The number of fused-ring (bicyclic) bond motifs is 2. The molecule has 1 nitrogen and oxygen atoms in total. The Morgan fingerprint density at radius 2 is 2.00 bits per heavy atom. The van der Waals surface area contributed by atoms with Crippen LogP contribution >= 0.6 is 0 Å². The van der Waals surface area contributed by atoms with E-state index in [1.807, 2.05) is 0 Å². The summed E-state index contributed by atoms with van der Waals surface area (Å²) in [5.74, 6) is 1.89. The lowest BCUT2D eigenvalue weighted by molar-refractivity contribution is -0.0216. The number of rotatable bonds is 5. The van der Waals surface area contributed by atoms with Crippen molar-refractivity contribution in [3.63, 3.8) is 0 Å². The summed E-state index contributed by atoms with van der Waals surface area (Å²) in [6.45, 7) is 5.74. The second-order valence-corrected chi connectivity index (χ2v) is 8.28. The van der Waals surface area contributed by atoms with Gasteiger partial charge in [-0.1, -0.05) is 50.7 Å². The molecule has 0 spiro atoms. The molecule has 2 saturated carbocycles. The third-order valence-electron chi connectivity index (χ3n) is 6.47. The molecule has 0 aliphatic heterocycles. The summed E-state index contributed by atoms with van der Waals surface area (Å²) in [6.07, 6.45) is 18.5. The van der Waals surface area contributed by atoms with Crippen molar-refractivity contribution in [3.8, 4) is 0 Å². The van der Waals surface area contributed by atoms with Crippen LogP contribution in [0.1, 0.15) is 84.5 Å². The predicted octanol–water partition coefficient (Wildman–Crippen LogP) is 5.89. The monoisotopic (exact) mass is 290 g/mol. The first kappa shape index (κ1) is 15.6. The van der Waals surface area contributed by atoms with E-state index >= 15 is 0 Å². The van der Waals surface area contributed by atoms with Gasteiger partial charge >= 0.3 is 0 Å². The topological polar surface area (TPSA) is 9.23 Å². The molecule has 0 radical (unpaired) electrons. The second kappa shape index (κ2) is 6.86. The summed E-state index contributed by atoms with van der Waals surface area (Å²) in [4.78, 5) is 0. The Balaban J connectivity index is 1.49. The first-order valence-electron chi connectivity index (χ1n) is 9.48. The second-order valence-electron chi connectivity index (χ2n) is 8.28. The average molecular weight is 290 g/mol. The van der Waals surface area contributed by atoms with Gasteiger partial charge in [-0.15, -0.1) is 0 Å². The van der Waals surface area contributed by atoms with Crippen LogP contribution in [0.15, 0.2) is 11.6 Å². The third-order valence-corrected chi connectivity index (χ3v) is 6.47. The van der Waals surface area contributed by atoms with Gasteiger partial charge in [0.1, 0.15) is 0 Å². The molecule has 0 amide bonds. The van der Waals surface area contributed by atoms with Crippen molar-refractivity contribution in [3.05, 3.63) is 11.6 Å². The molecular weight excluding hydrogens is 256 g/mol. The highest BCUT2D eigenvalue weighted by Gasteiger charge is 2.37. The minimum atomic E-state index is 0.297. The van der Waals surface area contributed by atoms with Gasteiger partial charge in [-0.25, -0.2) is 0 Å². The molecule has 3 unspecified atom stereocenters. The van der Waals surface area contributed by atoms with E-state index in [1.165, 1.54) is 70.6 Å². The van der Waals surface area contributed by atoms with Crippen LogP contribution in [-0.2, 0) is 4.74 Å². The van der Waals surface area contributed by atoms with E-state index in [2.05, 4.69) is 19.9 Å². The van der Waals surface area contributed by atoms with Gasteiger partial charge in [-0.2, -0.15) is 0 Å². The van der Waals surface area contributed by atoms with Crippen LogP contribution in [0.4, 0.5) is 0 Å². The van der Waals surface area contributed by atoms with E-state index in [-0.39, 0.29) is 0 Å². The Bertz CT molecular complexity index is 366. The van der Waals surface area contributed by atoms with Crippen LogP contribution < -0.4 is 0 Å². The normalized spacial score (nSPS) is 35.3. The van der Waals surface area contributed by atoms with Crippen LogP contribution in [-0.4, -0.2) is 12.7 Å². The van der Waals surface area contributed by atoms with Crippen LogP contribution in [0.2, 0.25) is 0 Å². The summed E-state index contributed by atoms with van der Waals surface area (Å²) in [7, 11) is 0. The maximum absolute atomic E-state index is 6.31. The van der Waals surface area contributed by atoms with Crippen molar-refractivity contribution in [2.75, 3.05) is 6.61 Å². The Labute approximate surface area is 131 Å². The molecule has 3 aliphatic rings. The highest BCUT2D eigenvalue weighted by Crippen LogP contribution is 2.46. The summed E-state index contributed by atoms with van der Waals surface area (Å²) in [5, 5.41) is 0. The Morgan fingerprint density at radius 3 is 2.76 bits per heavy atom. The minimum Gasteiger partial charge on any atom is -0.378 e. The maximum Gasteiger partial charge on any atom is 0.0635 e. The van der Waals surface area contributed by atoms with Crippen LogP contribution in [0.3, 0.4) is 0 Å². The lowest BCUT2D eigenvalue weighted by Gasteiger charge is -2.43. The summed E-state index contributed by atoms with van der Waals surface area (Å²) in [6, 6.07) is 0. The largest absolute Gasteiger partial charge is 0.378 e. The van der Waals surface area contributed by atoms with Gasteiger partial charge in [-0.05, 0) is 57.3 Å². The summed E-state index contributed by atoms with van der Waals surface area (Å²) < 4.78 is 6.31. The molecule has 120 valence electrons. The molecule has 0 aromatic rings. The first-order valence-corrected chi connectivity index (χ1v) is 9.48. The number of hydrogen-bond donors (Lipinski definition) is 0. The van der Waals surface area contributed by atoms with Gasteiger partial charge in [0, 0.05) is 12.0 Å². The molecule has 2 bridgehead atoms. The number of ether oxygens (including phenoxy) is 1. The standard InChI is InChI=1S/C20H34O/c1-16(21-12-11-17-7-4-3-5-8-17)20(2)14-18-9-6-10-19(13-18)15-20/h14,16-17,19H,3-13,15H2,1-2H3. The van der Waals surface area contributed by atoms with E-state index in [9.17, 15) is 0 Å². The van der Waals surface area contributed by atoms with Gasteiger partial charge in [0.25, 0.3) is 0 Å². The SMILES string of the molecule is CC(OCCC1CCCCC1)C1(C)C=C2CCCC(C2)C1. The maximum atomic E-state index is 6.31. The predicted molar refractivity (Wildman–Crippen MR) is 89.4 cm³/mol. The van der Waals surface area contributed by atoms with Crippen molar-refractivity contribution in [1.29, 1.82) is 0 Å². The van der Waals surface area contributed by atoms with Crippen LogP contribution in [0.5, 0.6) is 0 Å². The Hall–Kier alpha value is -0.300. The van der Waals surface area contributed by atoms with Gasteiger partial charge in [-0.3, -0.25) is 0 Å². The molecule has 0 heterocycles. The molecule has 3 aliphatic carbocycles. The molecule has 0 aromatic heterocycles. The number of allylic oxidation sites excluding steroid dienone is 1. The molecule has 21 heavy (non-hydrogen) atoms. The first-order chi connectivity index (χ1) is 10.2. The Morgan fingerprint density at radius 1 is 1.19 bits per heavy atom. The molecule has 3 rings (SSSR count). The van der Waals surface area contributed by atoms with Crippen molar-refractivity contribution >= 4 is 0 Å². The van der Waals surface area contributed by atoms with Crippen molar-refractivity contribution in [2.24, 2.45) is 17.3 Å². The highest BCUT2D eigenvalue weighted by molar-refractivity contribution is 5.17. The quantitative estimate of drug-likeness (QED) is 0.574. The molecule has 0 N–H and O–H groups in total. The summed E-state index contributed by atoms with van der Waals surface area (Å²) >= 11 is 0. The molecule has 3 atom stereocenters. The van der Waals surface area contributed by atoms with Gasteiger partial charge < -0.3 is 4.74 Å². The van der Waals surface area contributed by atoms with Crippen molar-refractivity contribution in [1.82, 2.24) is 0 Å². The fourth-order valence-corrected chi connectivity index (χ4v) is 5.01. The fourth-order valence-electron chi connectivity index (χ4n) is 5.01. The van der Waals surface area contributed by atoms with Gasteiger partial charge in [0.15, 0.2) is 0 Å². The van der Waals surface area contributed by atoms with Crippen molar-refractivity contribution in [2.45, 2.75) is 90.6 Å². The molecular formula is C20H34O. The molecule has 0 saturated heterocycles. The van der Waals surface area contributed by atoms with E-state index in [1.54, 1.807) is 5.57 Å². The van der Waals surface area contributed by atoms with E-state index < -0.39 is 0 Å². The summed E-state index contributed by atoms with van der Waals surface area (Å²) in [5.41, 5.74) is 2.02. The average Bonchev–Trinajstić information content (AvgIpc) is 2.47. The zero-order valence-electron chi connectivity index (χ0n) is 14.2. The highest BCUT2D eigenvalue weighted by atomic mass is 16.5. The minimum absolute atomic E-state index is 0.297. The van der Waals surface area contributed by atoms with E-state index in [0.717, 1.165) is 18.4 Å². The molecule has 2 fully saturated rings. The van der Waals surface area contributed by atoms with Gasteiger partial charge in [0.05, 0.1) is 6.10 Å². The van der Waals surface area contributed by atoms with Gasteiger partial charge in [0.2, 0.25) is 0 Å². The lowest BCUT2D eigenvalue weighted by Crippen LogP contribution is -2.37. The van der Waals surface area contributed by atoms with Crippen molar-refractivity contribution < 1.29 is 4.74 Å². The number of hydrogen-bond acceptors (Lipinski definition) is 1. The van der Waals surface area contributed by atoms with E-state index in [4.69, 9.17) is 4.74 Å².